The van der Waals surface area contributed by atoms with Crippen LogP contribution in [-0.4, -0.2) is 29.9 Å². The van der Waals surface area contributed by atoms with Gasteiger partial charge in [-0.15, -0.1) is 5.10 Å². The molecule has 0 aliphatic carbocycles. The Labute approximate surface area is 96.5 Å². The van der Waals surface area contributed by atoms with Gasteiger partial charge in [0, 0.05) is 13.2 Å². The highest BCUT2D eigenvalue weighted by Gasteiger charge is 2.09. The summed E-state index contributed by atoms with van der Waals surface area (Å²) in [5, 5.41) is 11.0. The van der Waals surface area contributed by atoms with E-state index in [1.807, 2.05) is 18.2 Å². The third-order valence-corrected chi connectivity index (χ3v) is 2.30. The van der Waals surface area contributed by atoms with E-state index in [0.29, 0.717) is 22.8 Å². The molecule has 3 heterocycles. The number of pyridine rings is 1. The summed E-state index contributed by atoms with van der Waals surface area (Å²) in [6.45, 7) is 0. The van der Waals surface area contributed by atoms with Crippen LogP contribution in [0.1, 0.15) is 0 Å². The van der Waals surface area contributed by atoms with Crippen LogP contribution in [-0.2, 0) is 7.05 Å². The Balaban J connectivity index is 2.06. The molecule has 7 nitrogen and oxygen atoms in total. The summed E-state index contributed by atoms with van der Waals surface area (Å²) in [6.07, 6.45) is 3.17. The molecular weight excluding hydrogens is 218 g/mol. The van der Waals surface area contributed by atoms with E-state index in [9.17, 15) is 0 Å². The number of anilines is 2. The SMILES string of the molecule is Cn1nnc2c(Nc3ccccn3)ncnc21. The third-order valence-electron chi connectivity index (χ3n) is 2.30. The van der Waals surface area contributed by atoms with Crippen LogP contribution in [0.25, 0.3) is 11.2 Å². The number of fused-ring (bicyclic) bond motifs is 1. The number of hydrogen-bond acceptors (Lipinski definition) is 6. The molecule has 0 fully saturated rings. The highest BCUT2D eigenvalue weighted by atomic mass is 15.4. The summed E-state index contributed by atoms with van der Waals surface area (Å²) in [7, 11) is 1.78. The fourth-order valence-corrected chi connectivity index (χ4v) is 1.50. The monoisotopic (exact) mass is 227 g/mol. The maximum absolute atomic E-state index is 4.16. The number of aryl methyl sites for hydroxylation is 1. The molecular formula is C10H9N7. The van der Waals surface area contributed by atoms with Crippen LogP contribution in [0.5, 0.6) is 0 Å². The summed E-state index contributed by atoms with van der Waals surface area (Å²) in [5.74, 6) is 1.31. The van der Waals surface area contributed by atoms with Crippen molar-refractivity contribution in [1.82, 2.24) is 29.9 Å². The lowest BCUT2D eigenvalue weighted by Crippen LogP contribution is -1.98. The van der Waals surface area contributed by atoms with Gasteiger partial charge in [0.15, 0.2) is 17.0 Å². The molecule has 3 rings (SSSR count). The molecule has 0 bridgehead atoms. The minimum atomic E-state index is 0.599. The quantitative estimate of drug-likeness (QED) is 0.700. The predicted molar refractivity (Wildman–Crippen MR) is 61.6 cm³/mol. The van der Waals surface area contributed by atoms with E-state index < -0.39 is 0 Å². The van der Waals surface area contributed by atoms with Gasteiger partial charge in [-0.05, 0) is 12.1 Å². The Morgan fingerprint density at radius 1 is 1.18 bits per heavy atom. The molecule has 0 aliphatic rings. The fraction of sp³-hybridized carbons (Fsp3) is 0.100. The van der Waals surface area contributed by atoms with Crippen molar-refractivity contribution in [2.45, 2.75) is 0 Å². The van der Waals surface area contributed by atoms with E-state index in [0.717, 1.165) is 0 Å². The highest BCUT2D eigenvalue weighted by Crippen LogP contribution is 2.18. The number of hydrogen-bond donors (Lipinski definition) is 1. The normalized spacial score (nSPS) is 10.6. The second kappa shape index (κ2) is 3.78. The largest absolute Gasteiger partial charge is 0.323 e. The van der Waals surface area contributed by atoms with Crippen molar-refractivity contribution in [1.29, 1.82) is 0 Å². The third kappa shape index (κ3) is 1.67. The van der Waals surface area contributed by atoms with E-state index in [1.165, 1.54) is 6.33 Å². The molecule has 3 aromatic heterocycles. The van der Waals surface area contributed by atoms with E-state index in [4.69, 9.17) is 0 Å². The molecule has 1 N–H and O–H groups in total. The summed E-state index contributed by atoms with van der Waals surface area (Å²) >= 11 is 0. The van der Waals surface area contributed by atoms with Crippen molar-refractivity contribution < 1.29 is 0 Å². The van der Waals surface area contributed by atoms with Gasteiger partial charge < -0.3 is 5.32 Å². The first-order valence-corrected chi connectivity index (χ1v) is 5.03. The molecule has 84 valence electrons. The lowest BCUT2D eigenvalue weighted by molar-refractivity contribution is 0.729. The van der Waals surface area contributed by atoms with Crippen molar-refractivity contribution >= 4 is 22.8 Å². The molecule has 0 radical (unpaired) electrons. The van der Waals surface area contributed by atoms with Gasteiger partial charge in [0.2, 0.25) is 0 Å². The first kappa shape index (κ1) is 9.64. The smallest absolute Gasteiger partial charge is 0.183 e. The van der Waals surface area contributed by atoms with Crippen LogP contribution in [0.2, 0.25) is 0 Å². The maximum atomic E-state index is 4.16. The Kier molecular flexibility index (Phi) is 2.14. The zero-order valence-electron chi connectivity index (χ0n) is 9.07. The van der Waals surface area contributed by atoms with E-state index in [1.54, 1.807) is 17.9 Å². The number of aromatic nitrogens is 6. The van der Waals surface area contributed by atoms with Gasteiger partial charge in [-0.3, -0.25) is 0 Å². The maximum Gasteiger partial charge on any atom is 0.183 e. The first-order valence-electron chi connectivity index (χ1n) is 5.03. The molecule has 0 atom stereocenters. The molecule has 0 aromatic carbocycles. The van der Waals surface area contributed by atoms with Gasteiger partial charge >= 0.3 is 0 Å². The Morgan fingerprint density at radius 2 is 2.12 bits per heavy atom. The summed E-state index contributed by atoms with van der Waals surface area (Å²) in [5.41, 5.74) is 1.30. The zero-order chi connectivity index (χ0) is 11.7. The lowest BCUT2D eigenvalue weighted by Gasteiger charge is -2.03. The lowest BCUT2D eigenvalue weighted by atomic mass is 10.4. The van der Waals surface area contributed by atoms with Crippen LogP contribution >= 0.6 is 0 Å². The van der Waals surface area contributed by atoms with Crippen molar-refractivity contribution in [2.24, 2.45) is 7.05 Å². The van der Waals surface area contributed by atoms with Gasteiger partial charge in [-0.1, -0.05) is 11.3 Å². The topological polar surface area (TPSA) is 81.4 Å². The highest BCUT2D eigenvalue weighted by molar-refractivity contribution is 5.83. The Hall–Kier alpha value is -2.57. The summed E-state index contributed by atoms with van der Waals surface area (Å²) in [4.78, 5) is 12.4. The van der Waals surface area contributed by atoms with E-state index >= 15 is 0 Å². The molecule has 3 aromatic rings. The van der Waals surface area contributed by atoms with Crippen molar-refractivity contribution in [3.8, 4) is 0 Å². The average Bonchev–Trinajstić information content (AvgIpc) is 2.74. The number of rotatable bonds is 2. The molecule has 0 saturated heterocycles. The molecule has 0 amide bonds. The van der Waals surface area contributed by atoms with Crippen LogP contribution in [0.15, 0.2) is 30.7 Å². The number of nitrogens with zero attached hydrogens (tertiary/aromatic N) is 6. The van der Waals surface area contributed by atoms with Crippen LogP contribution in [0, 0.1) is 0 Å². The standard InChI is InChI=1S/C10H9N7/c1-17-10-8(15-16-17)9(12-6-13-10)14-7-4-2-3-5-11-7/h2-6H,1H3,(H,11,12,13,14). The summed E-state index contributed by atoms with van der Waals surface area (Å²) in [6, 6.07) is 5.60. The van der Waals surface area contributed by atoms with Gasteiger partial charge in [0.1, 0.15) is 12.1 Å². The van der Waals surface area contributed by atoms with Gasteiger partial charge in [-0.2, -0.15) is 0 Å². The Morgan fingerprint density at radius 3 is 2.94 bits per heavy atom. The van der Waals surface area contributed by atoms with Crippen LogP contribution in [0.4, 0.5) is 11.6 Å². The van der Waals surface area contributed by atoms with Crippen LogP contribution in [0.3, 0.4) is 0 Å². The second-order valence-electron chi connectivity index (χ2n) is 3.45. The molecule has 17 heavy (non-hydrogen) atoms. The molecule has 0 aliphatic heterocycles. The van der Waals surface area contributed by atoms with Crippen molar-refractivity contribution in [2.75, 3.05) is 5.32 Å². The van der Waals surface area contributed by atoms with E-state index in [2.05, 4.69) is 30.6 Å². The van der Waals surface area contributed by atoms with Gasteiger partial charge in [-0.25, -0.2) is 19.6 Å². The fourth-order valence-electron chi connectivity index (χ4n) is 1.50. The zero-order valence-corrected chi connectivity index (χ0v) is 9.07. The number of nitrogens with one attached hydrogen (secondary N) is 1. The predicted octanol–water partition coefficient (Wildman–Crippen LogP) is 0.897. The molecule has 0 saturated carbocycles. The summed E-state index contributed by atoms with van der Waals surface area (Å²) < 4.78 is 1.60. The van der Waals surface area contributed by atoms with E-state index in [-0.39, 0.29) is 0 Å². The second-order valence-corrected chi connectivity index (χ2v) is 3.45. The van der Waals surface area contributed by atoms with Gasteiger partial charge in [0.05, 0.1) is 0 Å². The minimum absolute atomic E-state index is 0.599. The first-order chi connectivity index (χ1) is 8.34. The van der Waals surface area contributed by atoms with Crippen molar-refractivity contribution in [3.63, 3.8) is 0 Å². The molecule has 0 unspecified atom stereocenters. The van der Waals surface area contributed by atoms with Crippen LogP contribution < -0.4 is 5.32 Å². The molecule has 0 spiro atoms. The average molecular weight is 227 g/mol. The van der Waals surface area contributed by atoms with Crippen molar-refractivity contribution in [3.05, 3.63) is 30.7 Å². The Bertz CT molecular complexity index is 646. The molecule has 7 heteroatoms. The van der Waals surface area contributed by atoms with Gasteiger partial charge in [0.25, 0.3) is 0 Å². The minimum Gasteiger partial charge on any atom is -0.323 e.